The first-order valence-corrected chi connectivity index (χ1v) is 14.5. The van der Waals surface area contributed by atoms with Crippen molar-refractivity contribution in [3.05, 3.63) is 93.4 Å². The van der Waals surface area contributed by atoms with Crippen LogP contribution in [0.1, 0.15) is 30.0 Å². The van der Waals surface area contributed by atoms with Crippen molar-refractivity contribution in [3.63, 3.8) is 0 Å². The molecule has 0 radical (unpaired) electrons. The van der Waals surface area contributed by atoms with Crippen molar-refractivity contribution in [2.24, 2.45) is 0 Å². The molecule has 12 nitrogen and oxygen atoms in total. The summed E-state index contributed by atoms with van der Waals surface area (Å²) in [4.78, 5) is 50.4. The van der Waals surface area contributed by atoms with E-state index in [0.717, 1.165) is 27.3 Å². The highest BCUT2D eigenvalue weighted by atomic mass is 32.2. The van der Waals surface area contributed by atoms with E-state index in [4.69, 9.17) is 0 Å². The Morgan fingerprint density at radius 1 is 1.07 bits per heavy atom. The van der Waals surface area contributed by atoms with Gasteiger partial charge in [0.2, 0.25) is 5.91 Å². The standard InChI is InChI=1S/C26H26N4O8S2/c31-22(12-11-18-6-2-1-3-7-18)28-13-14-29(40(37,38)24-10-5-15-39-24)26(28)25(34)27-21(17-23(32)33)19-8-4-9-20(16-19)30(35)36/h1-10,15-16,21,26H,11-14,17H2,(H,27,34)(H,32,33). The third-order valence-corrected chi connectivity index (χ3v) is 9.62. The fraction of sp³-hybridized carbons (Fsp3) is 0.269. The number of thiophene rings is 1. The summed E-state index contributed by atoms with van der Waals surface area (Å²) in [5.74, 6) is -2.65. The van der Waals surface area contributed by atoms with Crippen LogP contribution in [0.4, 0.5) is 5.69 Å². The molecule has 0 saturated carbocycles. The van der Waals surface area contributed by atoms with Crippen LogP contribution in [-0.2, 0) is 30.8 Å². The van der Waals surface area contributed by atoms with Crippen molar-refractivity contribution in [1.82, 2.24) is 14.5 Å². The number of rotatable bonds is 11. The van der Waals surface area contributed by atoms with Gasteiger partial charge in [-0.15, -0.1) is 11.3 Å². The van der Waals surface area contributed by atoms with Crippen LogP contribution in [0.2, 0.25) is 0 Å². The third-order valence-electron chi connectivity index (χ3n) is 6.39. The fourth-order valence-electron chi connectivity index (χ4n) is 4.48. The quantitative estimate of drug-likeness (QED) is 0.255. The van der Waals surface area contributed by atoms with E-state index in [-0.39, 0.29) is 35.0 Å². The normalized spacial score (nSPS) is 16.4. The molecule has 1 saturated heterocycles. The van der Waals surface area contributed by atoms with Gasteiger partial charge in [0.05, 0.1) is 17.4 Å². The zero-order valence-corrected chi connectivity index (χ0v) is 22.7. The maximum absolute atomic E-state index is 13.7. The van der Waals surface area contributed by atoms with Crippen molar-refractivity contribution < 1.29 is 32.8 Å². The summed E-state index contributed by atoms with van der Waals surface area (Å²) >= 11 is 0.965. The molecule has 2 aromatic carbocycles. The number of hydrogen-bond acceptors (Lipinski definition) is 8. The number of carbonyl (C=O) groups is 3. The Kier molecular flexibility index (Phi) is 8.92. The molecule has 2 heterocycles. The van der Waals surface area contributed by atoms with Gasteiger partial charge in [0.15, 0.2) is 6.17 Å². The van der Waals surface area contributed by atoms with Crippen molar-refractivity contribution in [3.8, 4) is 0 Å². The van der Waals surface area contributed by atoms with Crippen LogP contribution in [0.25, 0.3) is 0 Å². The van der Waals surface area contributed by atoms with E-state index in [2.05, 4.69) is 5.32 Å². The van der Waals surface area contributed by atoms with Crippen LogP contribution in [0.5, 0.6) is 0 Å². The number of nitrogens with one attached hydrogen (secondary N) is 1. The van der Waals surface area contributed by atoms with Crippen molar-refractivity contribution >= 4 is 44.8 Å². The van der Waals surface area contributed by atoms with Gasteiger partial charge in [-0.3, -0.25) is 24.5 Å². The number of aliphatic carboxylic acids is 1. The molecule has 14 heteroatoms. The van der Waals surface area contributed by atoms with E-state index in [1.807, 2.05) is 30.3 Å². The van der Waals surface area contributed by atoms with E-state index in [9.17, 15) is 38.0 Å². The first kappa shape index (κ1) is 28.9. The average Bonchev–Trinajstić information content (AvgIpc) is 3.63. The van der Waals surface area contributed by atoms with Gasteiger partial charge in [0, 0.05) is 31.6 Å². The maximum atomic E-state index is 13.7. The molecule has 0 bridgehead atoms. The maximum Gasteiger partial charge on any atom is 0.305 e. The first-order valence-electron chi connectivity index (χ1n) is 12.2. The molecule has 1 fully saturated rings. The number of amides is 2. The number of non-ortho nitro benzene ring substituents is 1. The average molecular weight is 587 g/mol. The Labute approximate surface area is 234 Å². The molecule has 1 aromatic heterocycles. The molecular weight excluding hydrogens is 560 g/mol. The Hall–Kier alpha value is -4.14. The molecule has 2 atom stereocenters. The number of carbonyl (C=O) groups excluding carboxylic acids is 2. The Morgan fingerprint density at radius 2 is 1.82 bits per heavy atom. The lowest BCUT2D eigenvalue weighted by Gasteiger charge is -2.30. The molecule has 2 N–H and O–H groups in total. The number of sulfonamides is 1. The molecule has 40 heavy (non-hydrogen) atoms. The molecule has 4 rings (SSSR count). The second-order valence-electron chi connectivity index (χ2n) is 9.01. The Balaban J connectivity index is 1.64. The molecule has 0 spiro atoms. The van der Waals surface area contributed by atoms with Gasteiger partial charge in [-0.25, -0.2) is 8.42 Å². The summed E-state index contributed by atoms with van der Waals surface area (Å²) in [5.41, 5.74) is 0.742. The summed E-state index contributed by atoms with van der Waals surface area (Å²) in [5, 5.41) is 24.8. The highest BCUT2D eigenvalue weighted by Crippen LogP contribution is 2.29. The Morgan fingerprint density at radius 3 is 2.48 bits per heavy atom. The van der Waals surface area contributed by atoms with E-state index in [1.165, 1.54) is 29.2 Å². The lowest BCUT2D eigenvalue weighted by atomic mass is 10.0. The minimum absolute atomic E-state index is 0.00958. The molecule has 1 aliphatic rings. The number of nitro benzene ring substituents is 1. The van der Waals surface area contributed by atoms with Gasteiger partial charge in [-0.05, 0) is 29.0 Å². The van der Waals surface area contributed by atoms with Crippen LogP contribution < -0.4 is 5.32 Å². The van der Waals surface area contributed by atoms with Gasteiger partial charge < -0.3 is 15.3 Å². The van der Waals surface area contributed by atoms with Gasteiger partial charge in [0.25, 0.3) is 21.6 Å². The fourth-order valence-corrected chi connectivity index (χ4v) is 7.15. The third kappa shape index (κ3) is 6.52. The zero-order valence-electron chi connectivity index (χ0n) is 21.1. The zero-order chi connectivity index (χ0) is 28.9. The summed E-state index contributed by atoms with van der Waals surface area (Å²) in [6.07, 6.45) is -1.81. The minimum atomic E-state index is -4.17. The SMILES string of the molecule is O=C(O)CC(NC(=O)C1N(C(=O)CCc2ccccc2)CCN1S(=O)(=O)c1cccs1)c1cccc([N+](=O)[O-])c1. The minimum Gasteiger partial charge on any atom is -0.481 e. The predicted octanol–water partition coefficient (Wildman–Crippen LogP) is 2.78. The van der Waals surface area contributed by atoms with Crippen LogP contribution in [0.3, 0.4) is 0 Å². The Bertz CT molecular complexity index is 1500. The summed E-state index contributed by atoms with van der Waals surface area (Å²) in [7, 11) is -4.17. The molecule has 210 valence electrons. The number of aryl methyl sites for hydroxylation is 1. The van der Waals surface area contributed by atoms with Crippen molar-refractivity contribution in [2.45, 2.75) is 35.7 Å². The largest absolute Gasteiger partial charge is 0.481 e. The van der Waals surface area contributed by atoms with Crippen LogP contribution in [-0.4, -0.2) is 64.7 Å². The summed E-state index contributed by atoms with van der Waals surface area (Å²) < 4.78 is 27.8. The number of carboxylic acids is 1. The van der Waals surface area contributed by atoms with E-state index >= 15 is 0 Å². The lowest BCUT2D eigenvalue weighted by molar-refractivity contribution is -0.384. The van der Waals surface area contributed by atoms with Crippen molar-refractivity contribution in [2.75, 3.05) is 13.1 Å². The van der Waals surface area contributed by atoms with E-state index in [0.29, 0.717) is 6.42 Å². The molecule has 1 aliphatic heterocycles. The van der Waals surface area contributed by atoms with Crippen LogP contribution in [0.15, 0.2) is 76.3 Å². The topological polar surface area (TPSA) is 167 Å². The van der Waals surface area contributed by atoms with Gasteiger partial charge in [-0.1, -0.05) is 48.5 Å². The summed E-state index contributed by atoms with van der Waals surface area (Å²) in [6.45, 7) is -0.188. The lowest BCUT2D eigenvalue weighted by Crippen LogP contribution is -2.54. The van der Waals surface area contributed by atoms with Crippen molar-refractivity contribution in [1.29, 1.82) is 0 Å². The van der Waals surface area contributed by atoms with Gasteiger partial charge in [-0.2, -0.15) is 4.31 Å². The van der Waals surface area contributed by atoms with Gasteiger partial charge in [0.1, 0.15) is 4.21 Å². The summed E-state index contributed by atoms with van der Waals surface area (Å²) in [6, 6.07) is 16.1. The second kappa shape index (κ2) is 12.4. The molecule has 2 unspecified atom stereocenters. The number of nitrogens with zero attached hydrogens (tertiary/aromatic N) is 3. The number of nitro groups is 1. The first-order chi connectivity index (χ1) is 19.1. The second-order valence-corrected chi connectivity index (χ2v) is 12.1. The van der Waals surface area contributed by atoms with E-state index in [1.54, 1.807) is 11.4 Å². The number of benzene rings is 2. The van der Waals surface area contributed by atoms with Crippen LogP contribution >= 0.6 is 11.3 Å². The molecule has 0 aliphatic carbocycles. The highest BCUT2D eigenvalue weighted by Gasteiger charge is 2.47. The predicted molar refractivity (Wildman–Crippen MR) is 145 cm³/mol. The number of carboxylic acid groups (broad SMARTS) is 1. The monoisotopic (exact) mass is 586 g/mol. The highest BCUT2D eigenvalue weighted by molar-refractivity contribution is 7.91. The number of hydrogen-bond donors (Lipinski definition) is 2. The molecule has 3 aromatic rings. The van der Waals surface area contributed by atoms with Gasteiger partial charge >= 0.3 is 5.97 Å². The molecule has 2 amide bonds. The smallest absolute Gasteiger partial charge is 0.305 e. The van der Waals surface area contributed by atoms with Crippen LogP contribution in [0, 0.1) is 10.1 Å². The van der Waals surface area contributed by atoms with E-state index < -0.39 is 51.4 Å². The molecular formula is C26H26N4O8S2.